The number of hydrogen-bond donors (Lipinski definition) is 1. The smallest absolute Gasteiger partial charge is 0.238 e. The lowest BCUT2D eigenvalue weighted by molar-refractivity contribution is 0.597. The quantitative estimate of drug-likeness (QED) is 0.921. The van der Waals surface area contributed by atoms with Gasteiger partial charge >= 0.3 is 0 Å². The molecule has 1 aromatic carbocycles. The van der Waals surface area contributed by atoms with Crippen LogP contribution in [0, 0.1) is 0 Å². The fourth-order valence-electron chi connectivity index (χ4n) is 2.27. The van der Waals surface area contributed by atoms with Gasteiger partial charge in [-0.25, -0.2) is 13.6 Å². The van der Waals surface area contributed by atoms with Crippen molar-refractivity contribution in [3.63, 3.8) is 0 Å². The molecule has 0 fully saturated rings. The van der Waals surface area contributed by atoms with Crippen LogP contribution in [-0.4, -0.2) is 21.0 Å². The van der Waals surface area contributed by atoms with Crippen molar-refractivity contribution >= 4 is 31.6 Å². The van der Waals surface area contributed by atoms with Crippen LogP contribution in [0.3, 0.4) is 0 Å². The van der Waals surface area contributed by atoms with Gasteiger partial charge in [-0.1, -0.05) is 22.5 Å². The number of anilines is 1. The van der Waals surface area contributed by atoms with Gasteiger partial charge < -0.3 is 4.90 Å². The molecule has 0 unspecified atom stereocenters. The maximum Gasteiger partial charge on any atom is 0.238 e. The molecule has 6 heteroatoms. The first-order valence-corrected chi connectivity index (χ1v) is 7.88. The summed E-state index contributed by atoms with van der Waals surface area (Å²) >= 11 is 3.36. The number of sulfonamides is 1. The van der Waals surface area contributed by atoms with Gasteiger partial charge in [-0.2, -0.15) is 0 Å². The molecular weight excluding hydrogens is 316 g/mol. The van der Waals surface area contributed by atoms with E-state index in [9.17, 15) is 8.42 Å². The Morgan fingerprint density at radius 1 is 1.61 bits per heavy atom. The first kappa shape index (κ1) is 13.6. The van der Waals surface area contributed by atoms with Crippen LogP contribution in [0.15, 0.2) is 34.2 Å². The Labute approximate surface area is 116 Å². The van der Waals surface area contributed by atoms with E-state index in [0.717, 1.165) is 22.2 Å². The summed E-state index contributed by atoms with van der Waals surface area (Å²) in [5.41, 5.74) is 2.07. The number of rotatable bonds is 3. The van der Waals surface area contributed by atoms with Crippen molar-refractivity contribution in [2.45, 2.75) is 24.3 Å². The number of benzene rings is 1. The lowest BCUT2D eigenvalue weighted by Gasteiger charge is -2.24. The van der Waals surface area contributed by atoms with Gasteiger partial charge in [0.15, 0.2) is 0 Å². The highest BCUT2D eigenvalue weighted by Crippen LogP contribution is 2.34. The normalized spacial score (nSPS) is 18.8. The van der Waals surface area contributed by atoms with Crippen LogP contribution >= 0.6 is 15.9 Å². The fraction of sp³-hybridized carbons (Fsp3) is 0.333. The first-order chi connectivity index (χ1) is 8.29. The van der Waals surface area contributed by atoms with Gasteiger partial charge in [0.2, 0.25) is 10.0 Å². The Bertz CT molecular complexity index is 598. The molecule has 18 heavy (non-hydrogen) atoms. The molecule has 1 aromatic rings. The predicted octanol–water partition coefficient (Wildman–Crippen LogP) is 1.99. The van der Waals surface area contributed by atoms with Crippen molar-refractivity contribution in [1.82, 2.24) is 0 Å². The van der Waals surface area contributed by atoms with Crippen LogP contribution < -0.4 is 10.0 Å². The van der Waals surface area contributed by atoms with Gasteiger partial charge in [-0.05, 0) is 37.1 Å². The summed E-state index contributed by atoms with van der Waals surface area (Å²) in [5, 5.41) is 5.14. The van der Waals surface area contributed by atoms with E-state index >= 15 is 0 Å². The summed E-state index contributed by atoms with van der Waals surface area (Å²) in [6, 6.07) is 5.35. The monoisotopic (exact) mass is 330 g/mol. The van der Waals surface area contributed by atoms with E-state index in [2.05, 4.69) is 34.3 Å². The lowest BCUT2D eigenvalue weighted by atomic mass is 10.1. The molecule has 2 rings (SSSR count). The molecule has 0 amide bonds. The molecule has 0 spiro atoms. The van der Waals surface area contributed by atoms with Crippen molar-refractivity contribution in [1.29, 1.82) is 0 Å². The van der Waals surface area contributed by atoms with Crippen LogP contribution in [-0.2, 0) is 16.4 Å². The molecule has 1 heterocycles. The number of hydrogen-bond acceptors (Lipinski definition) is 3. The van der Waals surface area contributed by atoms with Crippen molar-refractivity contribution < 1.29 is 8.42 Å². The molecule has 1 aliphatic heterocycles. The zero-order chi connectivity index (χ0) is 13.5. The Morgan fingerprint density at radius 3 is 2.83 bits per heavy atom. The minimum atomic E-state index is -3.63. The Kier molecular flexibility index (Phi) is 3.53. The average molecular weight is 331 g/mol. The van der Waals surface area contributed by atoms with Gasteiger partial charge in [0.1, 0.15) is 0 Å². The van der Waals surface area contributed by atoms with E-state index in [1.54, 1.807) is 12.1 Å². The van der Waals surface area contributed by atoms with E-state index in [4.69, 9.17) is 5.14 Å². The summed E-state index contributed by atoms with van der Waals surface area (Å²) in [4.78, 5) is 2.37. The van der Waals surface area contributed by atoms with Crippen LogP contribution in [0.4, 0.5) is 5.69 Å². The number of primary sulfonamides is 1. The van der Waals surface area contributed by atoms with Gasteiger partial charge in [0.05, 0.1) is 4.90 Å². The summed E-state index contributed by atoms with van der Waals surface area (Å²) in [7, 11) is -3.63. The maximum atomic E-state index is 11.3. The predicted molar refractivity (Wildman–Crippen MR) is 76.4 cm³/mol. The Hall–Kier alpha value is -0.850. The van der Waals surface area contributed by atoms with E-state index in [1.165, 1.54) is 0 Å². The molecule has 0 radical (unpaired) electrons. The third-order valence-electron chi connectivity index (χ3n) is 3.08. The second-order valence-corrected chi connectivity index (χ2v) is 7.22. The summed E-state index contributed by atoms with van der Waals surface area (Å²) < 4.78 is 23.5. The van der Waals surface area contributed by atoms with Crippen LogP contribution in [0.25, 0.3) is 0 Å². The number of nitrogens with two attached hydrogens (primary N) is 1. The van der Waals surface area contributed by atoms with Crippen molar-refractivity contribution in [2.24, 2.45) is 5.14 Å². The van der Waals surface area contributed by atoms with Crippen molar-refractivity contribution in [3.8, 4) is 0 Å². The molecule has 1 aliphatic rings. The van der Waals surface area contributed by atoms with Crippen LogP contribution in [0.5, 0.6) is 0 Å². The molecule has 0 aliphatic carbocycles. The highest BCUT2D eigenvalue weighted by Gasteiger charge is 2.27. The van der Waals surface area contributed by atoms with Crippen molar-refractivity contribution in [3.05, 3.63) is 34.8 Å². The second kappa shape index (κ2) is 4.68. The summed E-state index contributed by atoms with van der Waals surface area (Å²) in [5.74, 6) is 0. The molecule has 0 saturated heterocycles. The van der Waals surface area contributed by atoms with E-state index in [1.807, 2.05) is 6.07 Å². The second-order valence-electron chi connectivity index (χ2n) is 4.53. The van der Waals surface area contributed by atoms with Gasteiger partial charge in [-0.15, -0.1) is 0 Å². The topological polar surface area (TPSA) is 63.4 Å². The van der Waals surface area contributed by atoms with Gasteiger partial charge in [0, 0.05) is 22.8 Å². The minimum absolute atomic E-state index is 0.174. The Balaban J connectivity index is 2.41. The fourth-order valence-corrected chi connectivity index (χ4v) is 3.11. The molecule has 1 atom stereocenters. The number of halogens is 1. The standard InChI is InChI=1S/C12H15BrN2O2S/c1-8(13)7-15-9(2)5-10-6-11(18(14,16)17)3-4-12(10)15/h3-4,6,9H,1,5,7H2,2H3,(H2,14,16,17)/t9-/m1/s1. The molecule has 2 N–H and O–H groups in total. The Morgan fingerprint density at radius 2 is 2.28 bits per heavy atom. The molecule has 0 saturated carbocycles. The zero-order valence-corrected chi connectivity index (χ0v) is 12.5. The first-order valence-electron chi connectivity index (χ1n) is 5.54. The highest BCUT2D eigenvalue weighted by atomic mass is 79.9. The van der Waals surface area contributed by atoms with E-state index < -0.39 is 10.0 Å². The third-order valence-corrected chi connectivity index (χ3v) is 4.24. The summed E-state index contributed by atoms with van der Waals surface area (Å²) in [6.07, 6.45) is 0.818. The minimum Gasteiger partial charge on any atom is -0.363 e. The van der Waals surface area contributed by atoms with Crippen molar-refractivity contribution in [2.75, 3.05) is 11.4 Å². The SMILES string of the molecule is C=C(Br)CN1c2ccc(S(N)(=O)=O)cc2C[C@H]1C. The van der Waals surface area contributed by atoms with E-state index in [-0.39, 0.29) is 4.90 Å². The molecule has 4 nitrogen and oxygen atoms in total. The average Bonchev–Trinajstić information content (AvgIpc) is 2.53. The highest BCUT2D eigenvalue weighted by molar-refractivity contribution is 9.11. The summed E-state index contributed by atoms with van der Waals surface area (Å²) in [6.45, 7) is 6.66. The molecule has 98 valence electrons. The van der Waals surface area contributed by atoms with Gasteiger partial charge in [0.25, 0.3) is 0 Å². The zero-order valence-electron chi connectivity index (χ0n) is 10.1. The molecule has 0 bridgehead atoms. The number of nitrogens with zero attached hydrogens (tertiary/aromatic N) is 1. The molecular formula is C12H15BrN2O2S. The third kappa shape index (κ3) is 2.60. The van der Waals surface area contributed by atoms with Crippen LogP contribution in [0.2, 0.25) is 0 Å². The maximum absolute atomic E-state index is 11.3. The van der Waals surface area contributed by atoms with E-state index in [0.29, 0.717) is 12.6 Å². The lowest BCUT2D eigenvalue weighted by Crippen LogP contribution is -2.30. The largest absolute Gasteiger partial charge is 0.363 e. The van der Waals surface area contributed by atoms with Gasteiger partial charge in [-0.3, -0.25) is 0 Å². The molecule has 0 aromatic heterocycles. The van der Waals surface area contributed by atoms with Crippen LogP contribution in [0.1, 0.15) is 12.5 Å². The number of fused-ring (bicyclic) bond motifs is 1.